The molecular weight excluding hydrogens is 378 g/mol. The highest BCUT2D eigenvalue weighted by Gasteiger charge is 2.12. The van der Waals surface area contributed by atoms with Gasteiger partial charge in [-0.2, -0.15) is 5.10 Å². The Morgan fingerprint density at radius 1 is 1.17 bits per heavy atom. The van der Waals surface area contributed by atoms with Crippen molar-refractivity contribution in [3.8, 4) is 11.3 Å². The number of aromatic nitrogens is 5. The molecule has 8 nitrogen and oxygen atoms in total. The van der Waals surface area contributed by atoms with Crippen LogP contribution in [0.4, 0.5) is 5.82 Å². The van der Waals surface area contributed by atoms with Gasteiger partial charge in [0, 0.05) is 17.4 Å². The molecule has 154 valence electrons. The van der Waals surface area contributed by atoms with Crippen molar-refractivity contribution in [3.05, 3.63) is 60.3 Å². The lowest BCUT2D eigenvalue weighted by Gasteiger charge is -2.08. The Kier molecular flexibility index (Phi) is 5.85. The molecule has 0 fully saturated rings. The summed E-state index contributed by atoms with van der Waals surface area (Å²) in [5.41, 5.74) is 3.72. The Balaban J connectivity index is 1.49. The molecule has 8 heteroatoms. The lowest BCUT2D eigenvalue weighted by atomic mass is 10.1. The van der Waals surface area contributed by atoms with Gasteiger partial charge in [0.25, 0.3) is 0 Å². The maximum absolute atomic E-state index is 12.3. The van der Waals surface area contributed by atoms with Crippen molar-refractivity contribution in [1.29, 1.82) is 0 Å². The molecule has 0 bridgehead atoms. The van der Waals surface area contributed by atoms with Crippen LogP contribution in [0.15, 0.2) is 54.7 Å². The van der Waals surface area contributed by atoms with Gasteiger partial charge in [-0.15, -0.1) is 5.10 Å². The van der Waals surface area contributed by atoms with E-state index in [1.807, 2.05) is 61.4 Å². The minimum atomic E-state index is -0.0375. The molecule has 2 N–H and O–H groups in total. The highest BCUT2D eigenvalue weighted by molar-refractivity contribution is 6.00. The van der Waals surface area contributed by atoms with E-state index in [1.54, 1.807) is 0 Å². The molecule has 0 atom stereocenters. The maximum atomic E-state index is 12.3. The first-order chi connectivity index (χ1) is 14.6. The fourth-order valence-corrected chi connectivity index (χ4v) is 3.30. The van der Waals surface area contributed by atoms with Gasteiger partial charge in [-0.1, -0.05) is 41.6 Å². The number of hydrogen-bond acceptors (Lipinski definition) is 5. The lowest BCUT2D eigenvalue weighted by molar-refractivity contribution is -0.116. The maximum Gasteiger partial charge on any atom is 0.225 e. The van der Waals surface area contributed by atoms with Crippen LogP contribution in [0.25, 0.3) is 22.2 Å². The van der Waals surface area contributed by atoms with Gasteiger partial charge in [0.2, 0.25) is 5.91 Å². The van der Waals surface area contributed by atoms with Crippen LogP contribution in [0.5, 0.6) is 0 Å². The van der Waals surface area contributed by atoms with Crippen LogP contribution in [0.1, 0.15) is 18.4 Å². The molecule has 2 heterocycles. The van der Waals surface area contributed by atoms with Gasteiger partial charge in [-0.3, -0.25) is 9.89 Å². The summed E-state index contributed by atoms with van der Waals surface area (Å²) < 4.78 is 1.82. The number of H-pyrrole nitrogens is 1. The number of anilines is 1. The molecule has 0 aliphatic carbocycles. The zero-order valence-corrected chi connectivity index (χ0v) is 17.2. The smallest absolute Gasteiger partial charge is 0.225 e. The molecule has 4 aromatic rings. The molecule has 0 aliphatic heterocycles. The van der Waals surface area contributed by atoms with Gasteiger partial charge in [-0.05, 0) is 44.8 Å². The highest BCUT2D eigenvalue weighted by atomic mass is 16.1. The molecule has 0 aliphatic rings. The van der Waals surface area contributed by atoms with E-state index in [9.17, 15) is 4.79 Å². The number of hydrogen-bond donors (Lipinski definition) is 2. The number of nitrogens with zero attached hydrogens (tertiary/aromatic N) is 5. The van der Waals surface area contributed by atoms with Crippen molar-refractivity contribution in [2.75, 3.05) is 26.0 Å². The summed E-state index contributed by atoms with van der Waals surface area (Å²) in [6.07, 6.45) is 3.19. The molecule has 0 radical (unpaired) electrons. The number of fused-ring (bicyclic) bond motifs is 1. The van der Waals surface area contributed by atoms with Gasteiger partial charge in [0.1, 0.15) is 5.69 Å². The average molecular weight is 403 g/mol. The second-order valence-corrected chi connectivity index (χ2v) is 7.57. The molecule has 0 unspecified atom stereocenters. The largest absolute Gasteiger partial charge is 0.309 e. The summed E-state index contributed by atoms with van der Waals surface area (Å²) in [4.78, 5) is 14.3. The third-order valence-electron chi connectivity index (χ3n) is 4.85. The SMILES string of the molecule is CN(C)CCCC(=O)Nc1n[nH]c2ccc(-c3cn(Cc4ccccc4)nn3)cc12. The van der Waals surface area contributed by atoms with Crippen LogP contribution in [-0.2, 0) is 11.3 Å². The summed E-state index contributed by atoms with van der Waals surface area (Å²) in [6.45, 7) is 1.54. The van der Waals surface area contributed by atoms with Crippen molar-refractivity contribution in [2.24, 2.45) is 0 Å². The van der Waals surface area contributed by atoms with Crippen LogP contribution < -0.4 is 5.32 Å². The van der Waals surface area contributed by atoms with Gasteiger partial charge in [0.05, 0.1) is 18.3 Å². The summed E-state index contributed by atoms with van der Waals surface area (Å²) in [6, 6.07) is 16.0. The average Bonchev–Trinajstić information content (AvgIpc) is 3.35. The van der Waals surface area contributed by atoms with E-state index in [2.05, 4.69) is 42.9 Å². The number of rotatable bonds is 8. The number of carbonyl (C=O) groups is 1. The van der Waals surface area contributed by atoms with Gasteiger partial charge < -0.3 is 10.2 Å². The van der Waals surface area contributed by atoms with Crippen molar-refractivity contribution in [3.63, 3.8) is 0 Å². The normalized spacial score (nSPS) is 11.3. The van der Waals surface area contributed by atoms with Crippen LogP contribution >= 0.6 is 0 Å². The quantitative estimate of drug-likeness (QED) is 0.472. The van der Waals surface area contributed by atoms with E-state index in [0.29, 0.717) is 18.8 Å². The van der Waals surface area contributed by atoms with Crippen molar-refractivity contribution in [1.82, 2.24) is 30.1 Å². The first-order valence-electron chi connectivity index (χ1n) is 9.95. The lowest BCUT2D eigenvalue weighted by Crippen LogP contribution is -2.17. The third kappa shape index (κ3) is 4.72. The first-order valence-corrected chi connectivity index (χ1v) is 9.95. The molecular formula is C22H25N7O. The molecule has 2 aromatic carbocycles. The summed E-state index contributed by atoms with van der Waals surface area (Å²) in [5.74, 6) is 0.503. The van der Waals surface area contributed by atoms with Crippen molar-refractivity contribution < 1.29 is 4.79 Å². The van der Waals surface area contributed by atoms with E-state index in [4.69, 9.17) is 0 Å². The van der Waals surface area contributed by atoms with Crippen LogP contribution in [-0.4, -0.2) is 56.6 Å². The summed E-state index contributed by atoms with van der Waals surface area (Å²) in [5, 5.41) is 19.6. The summed E-state index contributed by atoms with van der Waals surface area (Å²) >= 11 is 0. The van der Waals surface area contributed by atoms with Crippen molar-refractivity contribution in [2.45, 2.75) is 19.4 Å². The van der Waals surface area contributed by atoms with Crippen LogP contribution in [0.2, 0.25) is 0 Å². The van der Waals surface area contributed by atoms with E-state index >= 15 is 0 Å². The van der Waals surface area contributed by atoms with Crippen LogP contribution in [0, 0.1) is 0 Å². The Morgan fingerprint density at radius 2 is 2.00 bits per heavy atom. The fraction of sp³-hybridized carbons (Fsp3) is 0.273. The van der Waals surface area contributed by atoms with Gasteiger partial charge in [0.15, 0.2) is 5.82 Å². The number of nitrogens with one attached hydrogen (secondary N) is 2. The topological polar surface area (TPSA) is 91.7 Å². The molecule has 0 saturated heterocycles. The van der Waals surface area contributed by atoms with E-state index in [-0.39, 0.29) is 5.91 Å². The predicted octanol–water partition coefficient (Wildman–Crippen LogP) is 3.15. The summed E-state index contributed by atoms with van der Waals surface area (Å²) in [7, 11) is 3.99. The van der Waals surface area contributed by atoms with E-state index in [0.717, 1.165) is 35.1 Å². The van der Waals surface area contributed by atoms with Crippen LogP contribution in [0.3, 0.4) is 0 Å². The number of amides is 1. The third-order valence-corrected chi connectivity index (χ3v) is 4.85. The number of benzene rings is 2. The molecule has 1 amide bonds. The van der Waals surface area contributed by atoms with Crippen molar-refractivity contribution >= 4 is 22.6 Å². The standard InChI is InChI=1S/C22H25N7O/c1-28(2)12-6-9-21(30)23-22-18-13-17(10-11-19(18)24-26-22)20-15-29(27-25-20)14-16-7-4-3-5-8-16/h3-5,7-8,10-11,13,15H,6,9,12,14H2,1-2H3,(H2,23,24,26,30). The Morgan fingerprint density at radius 3 is 2.80 bits per heavy atom. The minimum absolute atomic E-state index is 0.0375. The second-order valence-electron chi connectivity index (χ2n) is 7.57. The Hall–Kier alpha value is -3.52. The fourth-order valence-electron chi connectivity index (χ4n) is 3.30. The molecule has 0 spiro atoms. The monoisotopic (exact) mass is 403 g/mol. The highest BCUT2D eigenvalue weighted by Crippen LogP contribution is 2.26. The molecule has 4 rings (SSSR count). The number of carbonyl (C=O) groups excluding carboxylic acids is 1. The molecule has 2 aromatic heterocycles. The number of aromatic amines is 1. The Labute approximate surface area is 174 Å². The van der Waals surface area contributed by atoms with Gasteiger partial charge in [-0.25, -0.2) is 4.68 Å². The van der Waals surface area contributed by atoms with E-state index < -0.39 is 0 Å². The molecule has 30 heavy (non-hydrogen) atoms. The first kappa shape index (κ1) is 19.8. The predicted molar refractivity (Wildman–Crippen MR) is 117 cm³/mol. The minimum Gasteiger partial charge on any atom is -0.309 e. The zero-order chi connectivity index (χ0) is 20.9. The van der Waals surface area contributed by atoms with Gasteiger partial charge >= 0.3 is 0 Å². The van der Waals surface area contributed by atoms with E-state index in [1.165, 1.54) is 5.56 Å². The zero-order valence-electron chi connectivity index (χ0n) is 17.2. The second kappa shape index (κ2) is 8.87. The Bertz CT molecular complexity index is 1130. The molecule has 0 saturated carbocycles.